The monoisotopic (exact) mass is 298 g/mol. The molecule has 0 aromatic carbocycles. The van der Waals surface area contributed by atoms with Gasteiger partial charge in [-0.1, -0.05) is 0 Å². The fourth-order valence-electron chi connectivity index (χ4n) is 1.84. The standard InChI is InChI=1S/C9F10/c10-1-2(11)4(13)8(17)7(16,3(1)12)5(14)6(15)9(8,18)19. The predicted octanol–water partition coefficient (Wildman–Crippen LogP) is 4.52. The van der Waals surface area contributed by atoms with E-state index in [-0.39, 0.29) is 0 Å². The predicted molar refractivity (Wildman–Crippen MR) is 40.4 cm³/mol. The van der Waals surface area contributed by atoms with Gasteiger partial charge < -0.3 is 0 Å². The Morgan fingerprint density at radius 2 is 0.947 bits per heavy atom. The molecule has 2 aliphatic carbocycles. The van der Waals surface area contributed by atoms with Gasteiger partial charge >= 0.3 is 5.92 Å². The molecule has 0 aromatic rings. The summed E-state index contributed by atoms with van der Waals surface area (Å²) in [5, 5.41) is 0. The van der Waals surface area contributed by atoms with E-state index in [0.29, 0.717) is 0 Å². The Morgan fingerprint density at radius 3 is 1.42 bits per heavy atom. The van der Waals surface area contributed by atoms with Gasteiger partial charge in [0.15, 0.2) is 29.1 Å². The number of hydrogen-bond acceptors (Lipinski definition) is 0. The third-order valence-electron chi connectivity index (χ3n) is 2.86. The normalized spacial score (nSPS) is 38.2. The molecule has 2 unspecified atom stereocenters. The molecule has 0 aromatic heterocycles. The quantitative estimate of drug-likeness (QED) is 0.577. The zero-order valence-corrected chi connectivity index (χ0v) is 8.28. The maximum atomic E-state index is 13.7. The summed E-state index contributed by atoms with van der Waals surface area (Å²) in [6.45, 7) is 0. The number of halogens is 10. The van der Waals surface area contributed by atoms with Gasteiger partial charge in [0.25, 0.3) is 11.3 Å². The van der Waals surface area contributed by atoms with Crippen LogP contribution < -0.4 is 0 Å². The van der Waals surface area contributed by atoms with Crippen molar-refractivity contribution in [1.29, 1.82) is 0 Å². The molecular weight excluding hydrogens is 298 g/mol. The minimum Gasteiger partial charge on any atom is -0.224 e. The van der Waals surface area contributed by atoms with Crippen LogP contribution in [0.4, 0.5) is 43.9 Å². The van der Waals surface area contributed by atoms with Crippen LogP contribution in [0.3, 0.4) is 0 Å². The van der Waals surface area contributed by atoms with E-state index in [4.69, 9.17) is 0 Å². The van der Waals surface area contributed by atoms with E-state index in [1.54, 1.807) is 0 Å². The van der Waals surface area contributed by atoms with Crippen molar-refractivity contribution in [3.05, 3.63) is 35.0 Å². The van der Waals surface area contributed by atoms with E-state index in [1.165, 1.54) is 0 Å². The molecule has 0 fully saturated rings. The molecule has 0 bridgehead atoms. The molecule has 10 heteroatoms. The molecule has 0 nitrogen and oxygen atoms in total. The molecule has 106 valence electrons. The van der Waals surface area contributed by atoms with Gasteiger partial charge in [0.1, 0.15) is 0 Å². The Balaban J connectivity index is 2.94. The number of allylic oxidation sites excluding steroid dienone is 6. The molecule has 0 heterocycles. The third-order valence-corrected chi connectivity index (χ3v) is 2.86. The van der Waals surface area contributed by atoms with Gasteiger partial charge in [-0.05, 0) is 0 Å². The average molecular weight is 298 g/mol. The van der Waals surface area contributed by atoms with Crippen LogP contribution in [0, 0.1) is 0 Å². The van der Waals surface area contributed by atoms with Gasteiger partial charge in [0.05, 0.1) is 0 Å². The second kappa shape index (κ2) is 3.34. The minimum absolute atomic E-state index is 3.06. The summed E-state index contributed by atoms with van der Waals surface area (Å²) >= 11 is 0. The highest BCUT2D eigenvalue weighted by Crippen LogP contribution is 2.67. The van der Waals surface area contributed by atoms with Crippen LogP contribution in [0.15, 0.2) is 35.0 Å². The Hall–Kier alpha value is -1.48. The van der Waals surface area contributed by atoms with Gasteiger partial charge in [-0.3, -0.25) is 0 Å². The fraction of sp³-hybridized carbons (Fsp3) is 0.333. The maximum absolute atomic E-state index is 13.7. The molecule has 0 N–H and O–H groups in total. The SMILES string of the molecule is FC1=C(F)C2(F)C(F)=C(F)C(F)(F)C2(F)C(F)=C1F. The van der Waals surface area contributed by atoms with Crippen LogP contribution in [0.5, 0.6) is 0 Å². The lowest BCUT2D eigenvalue weighted by atomic mass is 9.80. The maximum Gasteiger partial charge on any atom is 0.345 e. The van der Waals surface area contributed by atoms with Crippen molar-refractivity contribution >= 4 is 0 Å². The fourth-order valence-corrected chi connectivity index (χ4v) is 1.84. The second-order valence-electron chi connectivity index (χ2n) is 3.78. The van der Waals surface area contributed by atoms with Gasteiger partial charge in [-0.15, -0.1) is 0 Å². The molecule has 2 atom stereocenters. The van der Waals surface area contributed by atoms with Crippen molar-refractivity contribution in [1.82, 2.24) is 0 Å². The highest BCUT2D eigenvalue weighted by atomic mass is 19.3. The Morgan fingerprint density at radius 1 is 0.526 bits per heavy atom. The van der Waals surface area contributed by atoms with Crippen molar-refractivity contribution in [3.8, 4) is 0 Å². The molecule has 0 saturated heterocycles. The van der Waals surface area contributed by atoms with Crippen LogP contribution in [0.25, 0.3) is 0 Å². The topological polar surface area (TPSA) is 0 Å². The Kier molecular flexibility index (Phi) is 2.45. The summed E-state index contributed by atoms with van der Waals surface area (Å²) in [6.07, 6.45) is 0. The molecule has 2 aliphatic rings. The summed E-state index contributed by atoms with van der Waals surface area (Å²) in [7, 11) is 0. The minimum atomic E-state index is -5.88. The van der Waals surface area contributed by atoms with E-state index < -0.39 is 52.2 Å². The molecule has 0 spiro atoms. The number of hydrogen-bond donors (Lipinski definition) is 0. The molecular formula is C9F10. The molecule has 0 amide bonds. The smallest absolute Gasteiger partial charge is 0.224 e. The summed E-state index contributed by atoms with van der Waals surface area (Å²) < 4.78 is 131. The highest BCUT2D eigenvalue weighted by molar-refractivity contribution is 5.57. The second-order valence-corrected chi connectivity index (χ2v) is 3.78. The first kappa shape index (κ1) is 13.9. The first-order valence-electron chi connectivity index (χ1n) is 4.39. The van der Waals surface area contributed by atoms with Gasteiger partial charge in [-0.2, -0.15) is 8.78 Å². The lowest BCUT2D eigenvalue weighted by molar-refractivity contribution is -0.148. The first-order valence-corrected chi connectivity index (χ1v) is 4.39. The van der Waals surface area contributed by atoms with E-state index in [1.807, 2.05) is 0 Å². The molecule has 0 aliphatic heterocycles. The Labute approximate surface area is 97.2 Å². The van der Waals surface area contributed by atoms with E-state index >= 15 is 0 Å². The van der Waals surface area contributed by atoms with Crippen molar-refractivity contribution in [2.24, 2.45) is 0 Å². The number of fused-ring (bicyclic) bond motifs is 1. The van der Waals surface area contributed by atoms with Crippen LogP contribution in [0.1, 0.15) is 0 Å². The Bertz CT molecular complexity index is 570. The number of rotatable bonds is 0. The van der Waals surface area contributed by atoms with Gasteiger partial charge in [0.2, 0.25) is 5.83 Å². The third kappa shape index (κ3) is 1.09. The van der Waals surface area contributed by atoms with Gasteiger partial charge in [-0.25, -0.2) is 35.1 Å². The summed E-state index contributed by atoms with van der Waals surface area (Å²) in [5.41, 5.74) is -11.2. The largest absolute Gasteiger partial charge is 0.345 e. The first-order chi connectivity index (χ1) is 8.45. The van der Waals surface area contributed by atoms with Crippen LogP contribution in [-0.4, -0.2) is 17.3 Å². The summed E-state index contributed by atoms with van der Waals surface area (Å²) in [4.78, 5) is 0. The van der Waals surface area contributed by atoms with Crippen LogP contribution >= 0.6 is 0 Å². The zero-order chi connectivity index (χ0) is 15.0. The van der Waals surface area contributed by atoms with Crippen LogP contribution in [0.2, 0.25) is 0 Å². The lowest BCUT2D eigenvalue weighted by Gasteiger charge is -2.36. The molecule has 2 rings (SSSR count). The molecule has 0 radical (unpaired) electrons. The zero-order valence-electron chi connectivity index (χ0n) is 8.28. The summed E-state index contributed by atoms with van der Waals surface area (Å²) in [6, 6.07) is 0. The van der Waals surface area contributed by atoms with Crippen molar-refractivity contribution < 1.29 is 43.9 Å². The van der Waals surface area contributed by atoms with E-state index in [2.05, 4.69) is 0 Å². The van der Waals surface area contributed by atoms with Crippen LogP contribution in [-0.2, 0) is 0 Å². The number of alkyl halides is 4. The molecule has 0 saturated carbocycles. The summed E-state index contributed by atoms with van der Waals surface area (Å²) in [5.74, 6) is -25.8. The van der Waals surface area contributed by atoms with E-state index in [9.17, 15) is 43.9 Å². The average Bonchev–Trinajstić information content (AvgIpc) is 2.47. The van der Waals surface area contributed by atoms with Crippen molar-refractivity contribution in [3.63, 3.8) is 0 Å². The van der Waals surface area contributed by atoms with Crippen molar-refractivity contribution in [2.45, 2.75) is 17.3 Å². The lowest BCUT2D eigenvalue weighted by Crippen LogP contribution is -2.57. The molecule has 19 heavy (non-hydrogen) atoms. The van der Waals surface area contributed by atoms with Gasteiger partial charge in [0, 0.05) is 0 Å². The van der Waals surface area contributed by atoms with Crippen molar-refractivity contribution in [2.75, 3.05) is 0 Å². The highest BCUT2D eigenvalue weighted by Gasteiger charge is 2.85. The van der Waals surface area contributed by atoms with E-state index in [0.717, 1.165) is 0 Å².